The quantitative estimate of drug-likeness (QED) is 0.621. The first-order valence-electron chi connectivity index (χ1n) is 10.2. The predicted molar refractivity (Wildman–Crippen MR) is 121 cm³/mol. The summed E-state index contributed by atoms with van der Waals surface area (Å²) in [6.45, 7) is 7.26. The number of aliphatic hydroxyl groups excluding tert-OH is 2. The topological polar surface area (TPSA) is 93.1 Å². The molecule has 2 aromatic carbocycles. The summed E-state index contributed by atoms with van der Waals surface area (Å²) in [5, 5.41) is 21.6. The van der Waals surface area contributed by atoms with Crippen molar-refractivity contribution in [3.8, 4) is 0 Å². The zero-order valence-corrected chi connectivity index (χ0v) is 19.8. The van der Waals surface area contributed by atoms with E-state index >= 15 is 0 Å². The average Bonchev–Trinajstić information content (AvgIpc) is 3.04. The number of aryl methyl sites for hydroxylation is 2. The minimum atomic E-state index is -1.44. The Balaban J connectivity index is 1.69. The van der Waals surface area contributed by atoms with Gasteiger partial charge in [0.2, 0.25) is 0 Å². The Kier molecular flexibility index (Phi) is 7.83. The first-order valence-corrected chi connectivity index (χ1v) is 12.8. The standard InChI is InChI=1S/C23H30O6S2/c1-15-5-9-17(10-6-15)30(26)13-19(24)21-22(29-23(3,4)28-21)20(25)14-31(27)18-11-7-16(2)8-12-18/h5-12,19-22,24-25H,13-14H2,1-4H3/t19-,20-,21+,22+,30?,31?/m0/s1. The van der Waals surface area contributed by atoms with Crippen LogP contribution >= 0.6 is 0 Å². The molecule has 2 unspecified atom stereocenters. The molecule has 0 spiro atoms. The molecule has 0 aliphatic carbocycles. The first kappa shape index (κ1) is 24.2. The fourth-order valence-electron chi connectivity index (χ4n) is 3.48. The van der Waals surface area contributed by atoms with Crippen molar-refractivity contribution in [1.29, 1.82) is 0 Å². The van der Waals surface area contributed by atoms with Crippen LogP contribution in [0.5, 0.6) is 0 Å². The van der Waals surface area contributed by atoms with Crippen molar-refractivity contribution < 1.29 is 28.1 Å². The largest absolute Gasteiger partial charge is 0.389 e. The van der Waals surface area contributed by atoms with E-state index in [0.29, 0.717) is 9.79 Å². The summed E-state index contributed by atoms with van der Waals surface area (Å²) in [6, 6.07) is 14.5. The van der Waals surface area contributed by atoms with Crippen molar-refractivity contribution >= 4 is 21.6 Å². The van der Waals surface area contributed by atoms with E-state index in [1.807, 2.05) is 38.1 Å². The second-order valence-electron chi connectivity index (χ2n) is 8.35. The van der Waals surface area contributed by atoms with Gasteiger partial charge in [0.15, 0.2) is 5.79 Å². The maximum absolute atomic E-state index is 12.7. The van der Waals surface area contributed by atoms with Crippen LogP contribution in [0.25, 0.3) is 0 Å². The van der Waals surface area contributed by atoms with Gasteiger partial charge in [-0.2, -0.15) is 0 Å². The van der Waals surface area contributed by atoms with Crippen molar-refractivity contribution in [3.63, 3.8) is 0 Å². The molecule has 8 heteroatoms. The Morgan fingerprint density at radius 2 is 1.10 bits per heavy atom. The monoisotopic (exact) mass is 466 g/mol. The average molecular weight is 467 g/mol. The third kappa shape index (κ3) is 6.31. The number of rotatable bonds is 8. The molecule has 0 saturated carbocycles. The van der Waals surface area contributed by atoms with Gasteiger partial charge >= 0.3 is 0 Å². The third-order valence-electron chi connectivity index (χ3n) is 5.13. The van der Waals surface area contributed by atoms with Crippen molar-refractivity contribution in [2.24, 2.45) is 0 Å². The van der Waals surface area contributed by atoms with E-state index in [1.54, 1.807) is 38.1 Å². The fraction of sp³-hybridized carbons (Fsp3) is 0.478. The summed E-state index contributed by atoms with van der Waals surface area (Å²) < 4.78 is 37.1. The maximum Gasteiger partial charge on any atom is 0.164 e. The summed E-state index contributed by atoms with van der Waals surface area (Å²) in [7, 11) is -2.88. The minimum Gasteiger partial charge on any atom is -0.389 e. The van der Waals surface area contributed by atoms with Crippen LogP contribution < -0.4 is 0 Å². The van der Waals surface area contributed by atoms with E-state index in [2.05, 4.69) is 0 Å². The lowest BCUT2D eigenvalue weighted by molar-refractivity contribution is -0.158. The van der Waals surface area contributed by atoms with Crippen LogP contribution in [-0.2, 0) is 31.1 Å². The summed E-state index contributed by atoms with van der Waals surface area (Å²) in [5.41, 5.74) is 2.11. The molecule has 0 bridgehead atoms. The Morgan fingerprint density at radius 3 is 1.42 bits per heavy atom. The zero-order valence-electron chi connectivity index (χ0n) is 18.2. The molecular weight excluding hydrogens is 436 g/mol. The smallest absolute Gasteiger partial charge is 0.164 e. The summed E-state index contributed by atoms with van der Waals surface area (Å²) in [5.74, 6) is -1.15. The number of ether oxygens (including phenoxy) is 2. The minimum absolute atomic E-state index is 0.0581. The highest BCUT2D eigenvalue weighted by atomic mass is 32.2. The van der Waals surface area contributed by atoms with Gasteiger partial charge in [-0.15, -0.1) is 0 Å². The molecule has 1 saturated heterocycles. The number of hydrogen-bond acceptors (Lipinski definition) is 6. The van der Waals surface area contributed by atoms with Crippen molar-refractivity contribution in [3.05, 3.63) is 59.7 Å². The van der Waals surface area contributed by atoms with Gasteiger partial charge < -0.3 is 19.7 Å². The second-order valence-corrected chi connectivity index (χ2v) is 11.3. The molecule has 6 atom stereocenters. The number of benzene rings is 2. The molecule has 2 aromatic rings. The molecule has 31 heavy (non-hydrogen) atoms. The SMILES string of the molecule is Cc1ccc(S(=O)C[C@H](O)[C@H]2OC(C)(C)O[C@@H]2[C@@H](O)CS(=O)c2ccc(C)cc2)cc1. The lowest BCUT2D eigenvalue weighted by atomic mass is 10.1. The predicted octanol–water partition coefficient (Wildman–Crippen LogP) is 2.46. The van der Waals surface area contributed by atoms with E-state index in [0.717, 1.165) is 11.1 Å². The Hall–Kier alpha value is -1.42. The summed E-state index contributed by atoms with van der Waals surface area (Å²) in [6.07, 6.45) is -4.04. The Morgan fingerprint density at radius 1 is 0.774 bits per heavy atom. The van der Waals surface area contributed by atoms with Crippen LogP contribution in [-0.4, -0.2) is 60.3 Å². The van der Waals surface area contributed by atoms with E-state index < -0.39 is 51.8 Å². The summed E-state index contributed by atoms with van der Waals surface area (Å²) in [4.78, 5) is 1.22. The van der Waals surface area contributed by atoms with Crippen LogP contribution in [0.2, 0.25) is 0 Å². The molecule has 1 aliphatic rings. The second kappa shape index (κ2) is 10.0. The number of hydrogen-bond donors (Lipinski definition) is 2. The molecule has 3 rings (SSSR count). The van der Waals surface area contributed by atoms with E-state index in [1.165, 1.54) is 0 Å². The Labute approximate surface area is 188 Å². The van der Waals surface area contributed by atoms with Gasteiger partial charge in [0, 0.05) is 9.79 Å². The van der Waals surface area contributed by atoms with E-state index in [-0.39, 0.29) is 11.5 Å². The van der Waals surface area contributed by atoms with Crippen LogP contribution in [0, 0.1) is 13.8 Å². The van der Waals surface area contributed by atoms with Crippen LogP contribution in [0.4, 0.5) is 0 Å². The Bertz CT molecular complexity index is 851. The van der Waals surface area contributed by atoms with E-state index in [4.69, 9.17) is 9.47 Å². The van der Waals surface area contributed by atoms with Crippen LogP contribution in [0.3, 0.4) is 0 Å². The highest BCUT2D eigenvalue weighted by molar-refractivity contribution is 7.85. The van der Waals surface area contributed by atoms with Crippen molar-refractivity contribution in [2.75, 3.05) is 11.5 Å². The highest BCUT2D eigenvalue weighted by Crippen LogP contribution is 2.33. The molecule has 0 radical (unpaired) electrons. The van der Waals surface area contributed by atoms with Gasteiger partial charge in [0.05, 0.1) is 45.3 Å². The first-order chi connectivity index (χ1) is 14.6. The van der Waals surface area contributed by atoms with Gasteiger partial charge in [-0.25, -0.2) is 0 Å². The van der Waals surface area contributed by atoms with Crippen LogP contribution in [0.15, 0.2) is 58.3 Å². The van der Waals surface area contributed by atoms with Crippen LogP contribution in [0.1, 0.15) is 25.0 Å². The van der Waals surface area contributed by atoms with Gasteiger partial charge in [0.25, 0.3) is 0 Å². The van der Waals surface area contributed by atoms with Crippen molar-refractivity contribution in [2.45, 2.75) is 67.7 Å². The molecule has 1 heterocycles. The van der Waals surface area contributed by atoms with Gasteiger partial charge in [-0.1, -0.05) is 35.4 Å². The highest BCUT2D eigenvalue weighted by Gasteiger charge is 2.48. The molecular formula is C23H30O6S2. The van der Waals surface area contributed by atoms with E-state index in [9.17, 15) is 18.6 Å². The molecule has 2 N–H and O–H groups in total. The maximum atomic E-state index is 12.7. The van der Waals surface area contributed by atoms with Gasteiger partial charge in [-0.05, 0) is 52.0 Å². The molecule has 6 nitrogen and oxygen atoms in total. The zero-order chi connectivity index (χ0) is 22.8. The third-order valence-corrected chi connectivity index (χ3v) is 8.02. The van der Waals surface area contributed by atoms with Gasteiger partial charge in [-0.3, -0.25) is 8.42 Å². The normalized spacial score (nSPS) is 24.5. The lowest BCUT2D eigenvalue weighted by Gasteiger charge is -2.25. The molecule has 0 amide bonds. The molecule has 1 aliphatic heterocycles. The molecule has 170 valence electrons. The molecule has 1 fully saturated rings. The summed E-state index contributed by atoms with van der Waals surface area (Å²) >= 11 is 0. The molecule has 0 aromatic heterocycles. The van der Waals surface area contributed by atoms with Crippen molar-refractivity contribution in [1.82, 2.24) is 0 Å². The fourth-order valence-corrected chi connectivity index (χ4v) is 5.75. The lowest BCUT2D eigenvalue weighted by Crippen LogP contribution is -2.46. The number of aliphatic hydroxyl groups is 2. The van der Waals surface area contributed by atoms with Gasteiger partial charge in [0.1, 0.15) is 12.2 Å².